The van der Waals surface area contributed by atoms with Crippen molar-refractivity contribution in [2.75, 3.05) is 0 Å². The highest BCUT2D eigenvalue weighted by atomic mass is 79.9. The van der Waals surface area contributed by atoms with E-state index in [2.05, 4.69) is 33.4 Å². The summed E-state index contributed by atoms with van der Waals surface area (Å²) in [6, 6.07) is 12.2. The van der Waals surface area contributed by atoms with Crippen LogP contribution < -0.4 is 5.32 Å². The molecule has 1 aliphatic carbocycles. The number of aryl methyl sites for hydroxylation is 1. The highest BCUT2D eigenvalue weighted by Gasteiger charge is 2.29. The predicted molar refractivity (Wildman–Crippen MR) is 89.4 cm³/mol. The largest absolute Gasteiger partial charge is 0.469 e. The summed E-state index contributed by atoms with van der Waals surface area (Å²) in [6.45, 7) is 0. The molecule has 1 saturated carbocycles. The van der Waals surface area contributed by atoms with Crippen LogP contribution in [0.5, 0.6) is 0 Å². The first-order chi connectivity index (χ1) is 10.7. The zero-order chi connectivity index (χ0) is 15.4. The number of hydrogen-bond acceptors (Lipinski definition) is 2. The fraction of sp³-hybridized carbons (Fsp3) is 0.389. The van der Waals surface area contributed by atoms with Crippen LogP contribution in [-0.4, -0.2) is 5.91 Å². The molecule has 0 bridgehead atoms. The number of furan rings is 1. The van der Waals surface area contributed by atoms with Gasteiger partial charge in [0, 0.05) is 17.3 Å². The van der Waals surface area contributed by atoms with Crippen molar-refractivity contribution in [2.24, 2.45) is 5.92 Å². The Kier molecular flexibility index (Phi) is 4.98. The lowest BCUT2D eigenvalue weighted by Crippen LogP contribution is -2.36. The molecule has 2 aromatic rings. The first-order valence-corrected chi connectivity index (χ1v) is 8.59. The minimum Gasteiger partial charge on any atom is -0.469 e. The molecule has 1 unspecified atom stereocenters. The Bertz CT molecular complexity index is 603. The van der Waals surface area contributed by atoms with E-state index in [4.69, 9.17) is 4.42 Å². The summed E-state index contributed by atoms with van der Waals surface area (Å²) in [6.07, 6.45) is 6.41. The van der Waals surface area contributed by atoms with Crippen LogP contribution in [0.25, 0.3) is 0 Å². The number of halogens is 1. The molecule has 1 aromatic heterocycles. The van der Waals surface area contributed by atoms with Crippen LogP contribution in [0.4, 0.5) is 0 Å². The van der Waals surface area contributed by atoms with E-state index in [1.807, 2.05) is 24.3 Å². The monoisotopic (exact) mass is 361 g/mol. The molecule has 4 heteroatoms. The molecule has 1 aromatic carbocycles. The van der Waals surface area contributed by atoms with Gasteiger partial charge in [0.05, 0.1) is 12.3 Å². The molecule has 1 N–H and O–H groups in total. The summed E-state index contributed by atoms with van der Waals surface area (Å²) in [5.74, 6) is 1.52. The van der Waals surface area contributed by atoms with Gasteiger partial charge in [-0.1, -0.05) is 34.5 Å². The quantitative estimate of drug-likeness (QED) is 0.814. The maximum absolute atomic E-state index is 12.3. The van der Waals surface area contributed by atoms with Crippen LogP contribution in [0.1, 0.15) is 43.0 Å². The first-order valence-electron chi connectivity index (χ1n) is 7.79. The van der Waals surface area contributed by atoms with Crippen LogP contribution in [-0.2, 0) is 11.2 Å². The Morgan fingerprint density at radius 3 is 2.64 bits per heavy atom. The molecule has 1 heterocycles. The molecule has 3 rings (SSSR count). The second kappa shape index (κ2) is 7.14. The van der Waals surface area contributed by atoms with Gasteiger partial charge in [-0.05, 0) is 48.6 Å². The molecule has 0 aliphatic heterocycles. The number of rotatable bonds is 6. The van der Waals surface area contributed by atoms with Gasteiger partial charge in [-0.25, -0.2) is 0 Å². The van der Waals surface area contributed by atoms with Gasteiger partial charge in [-0.2, -0.15) is 0 Å². The van der Waals surface area contributed by atoms with E-state index in [-0.39, 0.29) is 11.9 Å². The number of carbonyl (C=O) groups excluding carboxylic acids is 1. The molecular formula is C18H20BrNO2. The van der Waals surface area contributed by atoms with E-state index in [0.717, 1.165) is 10.2 Å². The Labute approximate surface area is 139 Å². The number of nitrogens with one attached hydrogen (secondary N) is 1. The Morgan fingerprint density at radius 1 is 1.27 bits per heavy atom. The van der Waals surface area contributed by atoms with Crippen LogP contribution in [0.15, 0.2) is 51.6 Å². The minimum atomic E-state index is 0.0937. The van der Waals surface area contributed by atoms with Gasteiger partial charge < -0.3 is 9.73 Å². The van der Waals surface area contributed by atoms with Crippen molar-refractivity contribution in [3.8, 4) is 0 Å². The number of hydrogen-bond donors (Lipinski definition) is 1. The van der Waals surface area contributed by atoms with Crippen LogP contribution in [0.3, 0.4) is 0 Å². The van der Waals surface area contributed by atoms with Crippen molar-refractivity contribution in [3.05, 3.63) is 58.5 Å². The van der Waals surface area contributed by atoms with Crippen molar-refractivity contribution < 1.29 is 9.21 Å². The van der Waals surface area contributed by atoms with Crippen LogP contribution in [0.2, 0.25) is 0 Å². The van der Waals surface area contributed by atoms with E-state index in [1.165, 1.54) is 24.8 Å². The predicted octanol–water partition coefficient (Wildman–Crippen LogP) is 4.63. The van der Waals surface area contributed by atoms with Gasteiger partial charge in [0.15, 0.2) is 0 Å². The minimum absolute atomic E-state index is 0.0937. The van der Waals surface area contributed by atoms with Crippen molar-refractivity contribution >= 4 is 21.8 Å². The second-order valence-electron chi connectivity index (χ2n) is 5.87. The van der Waals surface area contributed by atoms with E-state index >= 15 is 0 Å². The van der Waals surface area contributed by atoms with Crippen LogP contribution in [0, 0.1) is 5.92 Å². The Hall–Kier alpha value is -1.55. The molecule has 22 heavy (non-hydrogen) atoms. The molecule has 1 atom stereocenters. The molecule has 0 saturated heterocycles. The van der Waals surface area contributed by atoms with Gasteiger partial charge in [0.2, 0.25) is 5.91 Å². The third-order valence-corrected chi connectivity index (χ3v) is 4.87. The number of amides is 1. The lowest BCUT2D eigenvalue weighted by molar-refractivity contribution is -0.122. The van der Waals surface area contributed by atoms with E-state index < -0.39 is 0 Å². The van der Waals surface area contributed by atoms with Gasteiger partial charge in [-0.15, -0.1) is 0 Å². The second-order valence-corrected chi connectivity index (χ2v) is 6.78. The SMILES string of the molecule is O=C(CCc1ccco1)NC(c1ccc(Br)cc1)C1CCC1. The summed E-state index contributed by atoms with van der Waals surface area (Å²) in [7, 11) is 0. The highest BCUT2D eigenvalue weighted by molar-refractivity contribution is 9.10. The first kappa shape index (κ1) is 15.3. The molecule has 116 valence electrons. The number of benzene rings is 1. The fourth-order valence-electron chi connectivity index (χ4n) is 2.85. The molecule has 0 spiro atoms. The smallest absolute Gasteiger partial charge is 0.220 e. The Balaban J connectivity index is 1.62. The Morgan fingerprint density at radius 2 is 2.05 bits per heavy atom. The molecule has 1 fully saturated rings. The summed E-state index contributed by atoms with van der Waals surface area (Å²) >= 11 is 3.46. The summed E-state index contributed by atoms with van der Waals surface area (Å²) in [4.78, 5) is 12.3. The fourth-order valence-corrected chi connectivity index (χ4v) is 3.12. The average Bonchev–Trinajstić information content (AvgIpc) is 2.97. The lowest BCUT2D eigenvalue weighted by Gasteiger charge is -2.34. The van der Waals surface area contributed by atoms with Crippen molar-refractivity contribution in [1.29, 1.82) is 0 Å². The van der Waals surface area contributed by atoms with Crippen molar-refractivity contribution in [2.45, 2.75) is 38.1 Å². The van der Waals surface area contributed by atoms with E-state index in [9.17, 15) is 4.79 Å². The molecule has 1 aliphatic rings. The van der Waals surface area contributed by atoms with Gasteiger partial charge in [0.1, 0.15) is 5.76 Å². The standard InChI is InChI=1S/C18H20BrNO2/c19-15-8-6-14(7-9-15)18(13-3-1-4-13)20-17(21)11-10-16-5-2-12-22-16/h2,5-9,12-13,18H,1,3-4,10-11H2,(H,20,21). The molecular weight excluding hydrogens is 342 g/mol. The van der Waals surface area contributed by atoms with Crippen molar-refractivity contribution in [3.63, 3.8) is 0 Å². The third kappa shape index (κ3) is 3.80. The maximum atomic E-state index is 12.3. The van der Waals surface area contributed by atoms with Crippen molar-refractivity contribution in [1.82, 2.24) is 5.32 Å². The zero-order valence-corrected chi connectivity index (χ0v) is 14.0. The van der Waals surface area contributed by atoms with E-state index in [0.29, 0.717) is 18.8 Å². The summed E-state index contributed by atoms with van der Waals surface area (Å²) in [5, 5.41) is 3.22. The third-order valence-electron chi connectivity index (χ3n) is 4.35. The topological polar surface area (TPSA) is 42.2 Å². The van der Waals surface area contributed by atoms with Gasteiger partial charge in [0.25, 0.3) is 0 Å². The summed E-state index contributed by atoms with van der Waals surface area (Å²) < 4.78 is 6.34. The van der Waals surface area contributed by atoms with Gasteiger partial charge in [-0.3, -0.25) is 4.79 Å². The van der Waals surface area contributed by atoms with E-state index in [1.54, 1.807) is 6.26 Å². The molecule has 0 radical (unpaired) electrons. The average molecular weight is 362 g/mol. The molecule has 1 amide bonds. The zero-order valence-electron chi connectivity index (χ0n) is 12.4. The highest BCUT2D eigenvalue weighted by Crippen LogP contribution is 2.38. The summed E-state index contributed by atoms with van der Waals surface area (Å²) in [5.41, 5.74) is 1.19. The normalized spacial score (nSPS) is 16.0. The maximum Gasteiger partial charge on any atom is 0.220 e. The van der Waals surface area contributed by atoms with Crippen LogP contribution >= 0.6 is 15.9 Å². The van der Waals surface area contributed by atoms with Gasteiger partial charge >= 0.3 is 0 Å². The molecule has 3 nitrogen and oxygen atoms in total. The lowest BCUT2D eigenvalue weighted by atomic mass is 9.77. The number of carbonyl (C=O) groups is 1.